The molecule has 156 valence electrons. The van der Waals surface area contributed by atoms with E-state index in [1.165, 1.54) is 50.6 Å². The van der Waals surface area contributed by atoms with Crippen LogP contribution in [-0.4, -0.2) is 28.9 Å². The van der Waals surface area contributed by atoms with Crippen LogP contribution < -0.4 is 5.32 Å². The zero-order chi connectivity index (χ0) is 20.9. The number of hydrogen-bond donors (Lipinski definition) is 1. The molecule has 1 aliphatic rings. The predicted molar refractivity (Wildman–Crippen MR) is 115 cm³/mol. The molecule has 1 saturated carbocycles. The Bertz CT molecular complexity index is 994. The van der Waals surface area contributed by atoms with Gasteiger partial charge in [-0.05, 0) is 55.8 Å². The van der Waals surface area contributed by atoms with Gasteiger partial charge in [0.1, 0.15) is 5.82 Å². The van der Waals surface area contributed by atoms with Crippen molar-refractivity contribution in [3.8, 4) is 11.3 Å². The fourth-order valence-electron chi connectivity index (χ4n) is 4.10. The van der Waals surface area contributed by atoms with Crippen LogP contribution in [-0.2, 0) is 6.54 Å². The lowest BCUT2D eigenvalue weighted by molar-refractivity contribution is 0.102. The fraction of sp³-hybridized carbons (Fsp3) is 0.333. The maximum absolute atomic E-state index is 13.2. The summed E-state index contributed by atoms with van der Waals surface area (Å²) in [6.45, 7) is 0.769. The minimum Gasteiger partial charge on any atom is -0.443 e. The third-order valence-electron chi connectivity index (χ3n) is 5.77. The number of anilines is 1. The third kappa shape index (κ3) is 4.60. The summed E-state index contributed by atoms with van der Waals surface area (Å²) in [5, 5.41) is 2.98. The Kier molecular flexibility index (Phi) is 6.23. The molecular formula is C24H26FN3O2. The number of benzene rings is 2. The average Bonchev–Trinajstić information content (AvgIpc) is 3.26. The van der Waals surface area contributed by atoms with E-state index in [-0.39, 0.29) is 17.4 Å². The van der Waals surface area contributed by atoms with E-state index >= 15 is 0 Å². The highest BCUT2D eigenvalue weighted by Crippen LogP contribution is 2.27. The maximum Gasteiger partial charge on any atom is 0.278 e. The van der Waals surface area contributed by atoms with Gasteiger partial charge in [-0.2, -0.15) is 0 Å². The van der Waals surface area contributed by atoms with Gasteiger partial charge >= 0.3 is 0 Å². The highest BCUT2D eigenvalue weighted by molar-refractivity contribution is 6.06. The second-order valence-corrected chi connectivity index (χ2v) is 7.86. The van der Waals surface area contributed by atoms with E-state index in [0.717, 1.165) is 17.8 Å². The first-order valence-corrected chi connectivity index (χ1v) is 10.4. The van der Waals surface area contributed by atoms with Crippen molar-refractivity contribution in [3.63, 3.8) is 0 Å². The molecular weight excluding hydrogens is 381 g/mol. The van der Waals surface area contributed by atoms with Gasteiger partial charge in [0.25, 0.3) is 5.91 Å². The maximum atomic E-state index is 13.2. The normalized spacial score (nSPS) is 14.8. The lowest BCUT2D eigenvalue weighted by atomic mass is 9.94. The lowest BCUT2D eigenvalue weighted by Gasteiger charge is -2.31. The van der Waals surface area contributed by atoms with Crippen LogP contribution in [0, 0.1) is 5.82 Å². The molecule has 1 aliphatic carbocycles. The summed E-state index contributed by atoms with van der Waals surface area (Å²) in [6.07, 6.45) is 7.58. The smallest absolute Gasteiger partial charge is 0.278 e. The Labute approximate surface area is 175 Å². The minimum absolute atomic E-state index is 0.178. The molecule has 0 saturated heterocycles. The summed E-state index contributed by atoms with van der Waals surface area (Å²) in [5.74, 6) is -0.375. The monoisotopic (exact) mass is 407 g/mol. The first-order valence-electron chi connectivity index (χ1n) is 10.4. The second-order valence-electron chi connectivity index (χ2n) is 7.86. The molecule has 0 radical (unpaired) electrons. The molecule has 5 nitrogen and oxygen atoms in total. The zero-order valence-corrected chi connectivity index (χ0v) is 17.1. The third-order valence-corrected chi connectivity index (χ3v) is 5.77. The van der Waals surface area contributed by atoms with Crippen LogP contribution in [0.2, 0.25) is 0 Å². The first-order chi connectivity index (χ1) is 14.6. The lowest BCUT2D eigenvalue weighted by Crippen LogP contribution is -2.33. The average molecular weight is 407 g/mol. The Morgan fingerprint density at radius 3 is 2.63 bits per heavy atom. The molecule has 1 amide bonds. The van der Waals surface area contributed by atoms with Crippen molar-refractivity contribution in [1.29, 1.82) is 0 Å². The molecule has 0 unspecified atom stereocenters. The zero-order valence-electron chi connectivity index (χ0n) is 17.1. The van der Waals surface area contributed by atoms with E-state index < -0.39 is 0 Å². The van der Waals surface area contributed by atoms with Gasteiger partial charge in [-0.1, -0.05) is 37.5 Å². The van der Waals surface area contributed by atoms with E-state index in [0.29, 0.717) is 17.4 Å². The van der Waals surface area contributed by atoms with Crippen LogP contribution >= 0.6 is 0 Å². The van der Waals surface area contributed by atoms with Gasteiger partial charge in [0.2, 0.25) is 0 Å². The van der Waals surface area contributed by atoms with Crippen LogP contribution in [0.1, 0.15) is 48.2 Å². The number of hydrogen-bond acceptors (Lipinski definition) is 4. The van der Waals surface area contributed by atoms with Crippen LogP contribution in [0.3, 0.4) is 0 Å². The SMILES string of the molecule is CN(Cc1ccccc1NC(=O)c1ncoc1-c1ccc(F)cc1)C1CCCCC1. The number of aromatic nitrogens is 1. The van der Waals surface area contributed by atoms with Gasteiger partial charge in [0.05, 0.1) is 0 Å². The molecule has 0 atom stereocenters. The van der Waals surface area contributed by atoms with E-state index in [1.54, 1.807) is 12.1 Å². The van der Waals surface area contributed by atoms with Crippen molar-refractivity contribution >= 4 is 11.6 Å². The van der Waals surface area contributed by atoms with Crippen molar-refractivity contribution in [3.05, 3.63) is 72.0 Å². The van der Waals surface area contributed by atoms with E-state index in [1.807, 2.05) is 24.3 Å². The highest BCUT2D eigenvalue weighted by Gasteiger charge is 2.21. The van der Waals surface area contributed by atoms with Crippen LogP contribution in [0.4, 0.5) is 10.1 Å². The Balaban J connectivity index is 1.51. The summed E-state index contributed by atoms with van der Waals surface area (Å²) < 4.78 is 18.6. The molecule has 1 fully saturated rings. The molecule has 0 bridgehead atoms. The van der Waals surface area contributed by atoms with E-state index in [2.05, 4.69) is 22.2 Å². The summed E-state index contributed by atoms with van der Waals surface area (Å²) in [7, 11) is 2.15. The van der Waals surface area contributed by atoms with Crippen LogP contribution in [0.25, 0.3) is 11.3 Å². The summed E-state index contributed by atoms with van der Waals surface area (Å²) in [5.41, 5.74) is 2.60. The quantitative estimate of drug-likeness (QED) is 0.586. The van der Waals surface area contributed by atoms with Crippen molar-refractivity contribution < 1.29 is 13.6 Å². The molecule has 1 N–H and O–H groups in total. The number of oxazole rings is 1. The highest BCUT2D eigenvalue weighted by atomic mass is 19.1. The summed E-state index contributed by atoms with van der Waals surface area (Å²) in [4.78, 5) is 19.4. The number of halogens is 1. The molecule has 2 aromatic carbocycles. The number of rotatable bonds is 6. The van der Waals surface area contributed by atoms with Gasteiger partial charge in [-0.25, -0.2) is 9.37 Å². The fourth-order valence-corrected chi connectivity index (χ4v) is 4.10. The van der Waals surface area contributed by atoms with Crippen LogP contribution in [0.5, 0.6) is 0 Å². The van der Waals surface area contributed by atoms with Gasteiger partial charge in [-0.15, -0.1) is 0 Å². The van der Waals surface area contributed by atoms with Crippen molar-refractivity contribution in [2.75, 3.05) is 12.4 Å². The minimum atomic E-state index is -0.351. The molecule has 6 heteroatoms. The van der Waals surface area contributed by atoms with E-state index in [9.17, 15) is 9.18 Å². The molecule has 3 aromatic rings. The largest absolute Gasteiger partial charge is 0.443 e. The number of amides is 1. The number of para-hydroxylation sites is 1. The van der Waals surface area contributed by atoms with Crippen molar-refractivity contribution in [1.82, 2.24) is 9.88 Å². The molecule has 4 rings (SSSR count). The summed E-state index contributed by atoms with van der Waals surface area (Å²) in [6, 6.07) is 14.2. The number of carbonyl (C=O) groups excluding carboxylic acids is 1. The van der Waals surface area contributed by atoms with Gasteiger partial charge < -0.3 is 9.73 Å². The van der Waals surface area contributed by atoms with Gasteiger partial charge in [0.15, 0.2) is 17.8 Å². The van der Waals surface area contributed by atoms with Crippen molar-refractivity contribution in [2.45, 2.75) is 44.7 Å². The molecule has 1 heterocycles. The molecule has 1 aromatic heterocycles. The molecule has 0 aliphatic heterocycles. The van der Waals surface area contributed by atoms with Gasteiger partial charge in [0, 0.05) is 23.8 Å². The van der Waals surface area contributed by atoms with Crippen molar-refractivity contribution in [2.24, 2.45) is 0 Å². The molecule has 30 heavy (non-hydrogen) atoms. The standard InChI is InChI=1S/C24H26FN3O2/c1-28(20-8-3-2-4-9-20)15-18-7-5-6-10-21(18)27-24(29)22-23(30-16-26-22)17-11-13-19(25)14-12-17/h5-7,10-14,16,20H,2-4,8-9,15H2,1H3,(H,27,29). The van der Waals surface area contributed by atoms with Gasteiger partial charge in [-0.3, -0.25) is 9.69 Å². The molecule has 0 spiro atoms. The van der Waals surface area contributed by atoms with E-state index in [4.69, 9.17) is 4.42 Å². The summed E-state index contributed by atoms with van der Waals surface area (Å²) >= 11 is 0. The predicted octanol–water partition coefficient (Wildman–Crippen LogP) is 5.50. The number of carbonyl (C=O) groups is 1. The first kappa shape index (κ1) is 20.3. The topological polar surface area (TPSA) is 58.4 Å². The Morgan fingerprint density at radius 1 is 1.13 bits per heavy atom. The number of nitrogens with one attached hydrogen (secondary N) is 1. The number of nitrogens with zero attached hydrogens (tertiary/aromatic N) is 2. The second kappa shape index (κ2) is 9.22. The Morgan fingerprint density at radius 2 is 1.87 bits per heavy atom. The Hall–Kier alpha value is -2.99. The van der Waals surface area contributed by atoms with Crippen LogP contribution in [0.15, 0.2) is 59.3 Å².